The Labute approximate surface area is 193 Å². The van der Waals surface area contributed by atoms with Gasteiger partial charge in [-0.05, 0) is 35.4 Å². The van der Waals surface area contributed by atoms with Gasteiger partial charge in [-0.15, -0.1) is 0 Å². The van der Waals surface area contributed by atoms with Crippen molar-refractivity contribution >= 4 is 12.1 Å². The number of aliphatic hydroxyl groups is 1. The van der Waals surface area contributed by atoms with Gasteiger partial charge < -0.3 is 9.52 Å². The predicted octanol–water partition coefficient (Wildman–Crippen LogP) is 5.35. The summed E-state index contributed by atoms with van der Waals surface area (Å²) in [6, 6.07) is 24.6. The van der Waals surface area contributed by atoms with Crippen molar-refractivity contribution in [2.45, 2.75) is 11.8 Å². The fraction of sp³-hybridized carbons (Fsp3) is 0.0769. The molecular formula is C26H19F3N2O3. The maximum absolute atomic E-state index is 13.0. The molecule has 0 aliphatic rings. The number of carbonyl (C=O) groups excluding carboxylic acids is 1. The van der Waals surface area contributed by atoms with E-state index in [4.69, 9.17) is 4.42 Å². The summed E-state index contributed by atoms with van der Waals surface area (Å²) in [5, 5.41) is 15.2. The SMILES string of the molecule is O=C(N/N=C\c1ccc(-c2cccc(C(F)(F)F)c2)o1)C(O)(c1ccccc1)c1ccccc1. The van der Waals surface area contributed by atoms with Crippen LogP contribution in [0, 0.1) is 0 Å². The summed E-state index contributed by atoms with van der Waals surface area (Å²) in [6.07, 6.45) is -3.27. The van der Waals surface area contributed by atoms with Crippen LogP contribution >= 0.6 is 0 Å². The van der Waals surface area contributed by atoms with E-state index >= 15 is 0 Å². The van der Waals surface area contributed by atoms with E-state index in [-0.39, 0.29) is 17.1 Å². The fourth-order valence-electron chi connectivity index (χ4n) is 3.45. The van der Waals surface area contributed by atoms with Gasteiger partial charge >= 0.3 is 6.18 Å². The van der Waals surface area contributed by atoms with Crippen molar-refractivity contribution in [3.05, 3.63) is 120 Å². The normalized spacial score (nSPS) is 12.1. The third-order valence-corrected chi connectivity index (χ3v) is 5.17. The summed E-state index contributed by atoms with van der Waals surface area (Å²) in [4.78, 5) is 13.0. The quantitative estimate of drug-likeness (QED) is 0.298. The van der Waals surface area contributed by atoms with Crippen LogP contribution in [0.2, 0.25) is 0 Å². The molecule has 5 nitrogen and oxygen atoms in total. The van der Waals surface area contributed by atoms with Crippen LogP contribution in [0.3, 0.4) is 0 Å². The van der Waals surface area contributed by atoms with Crippen LogP contribution in [0.5, 0.6) is 0 Å². The molecule has 0 aliphatic heterocycles. The van der Waals surface area contributed by atoms with Crippen molar-refractivity contribution in [2.75, 3.05) is 0 Å². The maximum Gasteiger partial charge on any atom is 0.416 e. The van der Waals surface area contributed by atoms with Crippen LogP contribution in [0.4, 0.5) is 13.2 Å². The van der Waals surface area contributed by atoms with E-state index in [0.29, 0.717) is 11.1 Å². The highest BCUT2D eigenvalue weighted by molar-refractivity contribution is 5.91. The first-order chi connectivity index (χ1) is 16.3. The molecule has 1 heterocycles. The number of nitrogens with one attached hydrogen (secondary N) is 1. The molecule has 4 aromatic rings. The maximum atomic E-state index is 13.0. The van der Waals surface area contributed by atoms with E-state index in [1.807, 2.05) is 0 Å². The Morgan fingerprint density at radius 3 is 2.00 bits per heavy atom. The van der Waals surface area contributed by atoms with Gasteiger partial charge in [0.05, 0.1) is 11.8 Å². The number of carbonyl (C=O) groups is 1. The van der Waals surface area contributed by atoms with Gasteiger partial charge in [0.25, 0.3) is 5.91 Å². The molecule has 0 fully saturated rings. The molecule has 4 rings (SSSR count). The monoisotopic (exact) mass is 464 g/mol. The van der Waals surface area contributed by atoms with Crippen LogP contribution in [0.25, 0.3) is 11.3 Å². The minimum atomic E-state index is -4.47. The van der Waals surface area contributed by atoms with E-state index in [2.05, 4.69) is 10.5 Å². The van der Waals surface area contributed by atoms with Crippen molar-refractivity contribution in [1.29, 1.82) is 0 Å². The predicted molar refractivity (Wildman–Crippen MR) is 121 cm³/mol. The number of hydrazone groups is 1. The minimum absolute atomic E-state index is 0.204. The lowest BCUT2D eigenvalue weighted by Gasteiger charge is -2.26. The van der Waals surface area contributed by atoms with Crippen LogP contribution in [0.15, 0.2) is 107 Å². The van der Waals surface area contributed by atoms with Crippen molar-refractivity contribution < 1.29 is 27.5 Å². The zero-order valence-corrected chi connectivity index (χ0v) is 17.7. The van der Waals surface area contributed by atoms with Crippen molar-refractivity contribution in [3.63, 3.8) is 0 Å². The molecule has 2 N–H and O–H groups in total. The fourth-order valence-corrected chi connectivity index (χ4v) is 3.45. The van der Waals surface area contributed by atoms with E-state index in [0.717, 1.165) is 12.1 Å². The van der Waals surface area contributed by atoms with Gasteiger partial charge in [-0.1, -0.05) is 72.8 Å². The summed E-state index contributed by atoms with van der Waals surface area (Å²) < 4.78 is 44.4. The Kier molecular flexibility index (Phi) is 6.34. The van der Waals surface area contributed by atoms with E-state index < -0.39 is 23.2 Å². The van der Waals surface area contributed by atoms with Crippen LogP contribution < -0.4 is 5.43 Å². The van der Waals surface area contributed by atoms with Gasteiger partial charge in [0.15, 0.2) is 5.60 Å². The lowest BCUT2D eigenvalue weighted by molar-refractivity contribution is -0.137. The lowest BCUT2D eigenvalue weighted by Crippen LogP contribution is -2.43. The third kappa shape index (κ3) is 4.77. The molecule has 0 atom stereocenters. The Hall–Kier alpha value is -4.17. The van der Waals surface area contributed by atoms with Gasteiger partial charge in [0.2, 0.25) is 0 Å². The average Bonchev–Trinajstić information content (AvgIpc) is 3.33. The number of hydrogen-bond donors (Lipinski definition) is 2. The lowest BCUT2D eigenvalue weighted by atomic mass is 9.85. The van der Waals surface area contributed by atoms with Crippen LogP contribution in [-0.4, -0.2) is 17.2 Å². The van der Waals surface area contributed by atoms with Crippen LogP contribution in [0.1, 0.15) is 22.5 Å². The zero-order chi connectivity index (χ0) is 24.2. The summed E-state index contributed by atoms with van der Waals surface area (Å²) >= 11 is 0. The molecule has 172 valence electrons. The number of benzene rings is 3. The smallest absolute Gasteiger partial charge is 0.416 e. The standard InChI is InChI=1S/C26H19F3N2O3/c27-26(28,29)21-13-7-8-18(16-21)23-15-14-22(34-23)17-30-31-24(32)25(33,19-9-3-1-4-10-19)20-11-5-2-6-12-20/h1-17,33H,(H,31,32)/b30-17-. The first-order valence-corrected chi connectivity index (χ1v) is 10.2. The van der Waals surface area contributed by atoms with Gasteiger partial charge in [-0.2, -0.15) is 18.3 Å². The Morgan fingerprint density at radius 2 is 1.41 bits per heavy atom. The number of hydrogen-bond acceptors (Lipinski definition) is 4. The Balaban J connectivity index is 1.53. The number of halogens is 3. The summed E-state index contributed by atoms with van der Waals surface area (Å²) in [7, 11) is 0. The summed E-state index contributed by atoms with van der Waals surface area (Å²) in [5.41, 5.74) is 0.508. The first kappa shape index (κ1) is 23.0. The molecule has 1 aromatic heterocycles. The van der Waals surface area contributed by atoms with E-state index in [1.54, 1.807) is 60.7 Å². The highest BCUT2D eigenvalue weighted by Crippen LogP contribution is 2.33. The third-order valence-electron chi connectivity index (χ3n) is 5.17. The average molecular weight is 464 g/mol. The molecule has 0 bridgehead atoms. The van der Waals surface area contributed by atoms with Gasteiger partial charge in [-0.3, -0.25) is 4.79 Å². The van der Waals surface area contributed by atoms with Crippen LogP contribution in [-0.2, 0) is 16.6 Å². The summed E-state index contributed by atoms with van der Waals surface area (Å²) in [5.74, 6) is -0.370. The van der Waals surface area contributed by atoms with Crippen molar-refractivity contribution in [3.8, 4) is 11.3 Å². The first-order valence-electron chi connectivity index (χ1n) is 10.2. The van der Waals surface area contributed by atoms with Gasteiger partial charge in [0, 0.05) is 5.56 Å². The Morgan fingerprint density at radius 1 is 0.824 bits per heavy atom. The molecule has 3 aromatic carbocycles. The Bertz CT molecular complexity index is 1260. The minimum Gasteiger partial charge on any atom is -0.455 e. The molecule has 0 unspecified atom stereocenters. The second kappa shape index (κ2) is 9.36. The molecule has 1 amide bonds. The largest absolute Gasteiger partial charge is 0.455 e. The number of amides is 1. The van der Waals surface area contributed by atoms with E-state index in [9.17, 15) is 23.1 Å². The molecular weight excluding hydrogens is 445 g/mol. The number of furan rings is 1. The second-order valence-corrected chi connectivity index (χ2v) is 7.42. The molecule has 8 heteroatoms. The second-order valence-electron chi connectivity index (χ2n) is 7.42. The molecule has 0 radical (unpaired) electrons. The van der Waals surface area contributed by atoms with Gasteiger partial charge in [0.1, 0.15) is 11.5 Å². The number of nitrogens with zero attached hydrogens (tertiary/aromatic N) is 1. The van der Waals surface area contributed by atoms with E-state index in [1.165, 1.54) is 30.5 Å². The van der Waals surface area contributed by atoms with Crippen molar-refractivity contribution in [1.82, 2.24) is 5.43 Å². The molecule has 0 saturated heterocycles. The topological polar surface area (TPSA) is 74.8 Å². The zero-order valence-electron chi connectivity index (χ0n) is 17.7. The number of alkyl halides is 3. The molecule has 0 spiro atoms. The number of rotatable bonds is 6. The summed E-state index contributed by atoms with van der Waals surface area (Å²) in [6.45, 7) is 0. The molecule has 0 saturated carbocycles. The molecule has 0 aliphatic carbocycles. The highest BCUT2D eigenvalue weighted by Gasteiger charge is 2.39. The van der Waals surface area contributed by atoms with Gasteiger partial charge in [-0.25, -0.2) is 5.43 Å². The molecule has 34 heavy (non-hydrogen) atoms. The highest BCUT2D eigenvalue weighted by atomic mass is 19.4. The van der Waals surface area contributed by atoms with Crippen molar-refractivity contribution in [2.24, 2.45) is 5.10 Å².